The van der Waals surface area contributed by atoms with Crippen LogP contribution in [0.25, 0.3) is 11.2 Å². The van der Waals surface area contributed by atoms with Gasteiger partial charge in [-0.3, -0.25) is 18.1 Å². The molecule has 1 unspecified atom stereocenters. The highest BCUT2D eigenvalue weighted by atomic mass is 35.5. The molecule has 0 spiro atoms. The second kappa shape index (κ2) is 11.4. The quantitative estimate of drug-likeness (QED) is 0.417. The van der Waals surface area contributed by atoms with Crippen LogP contribution in [0.4, 0.5) is 0 Å². The first-order chi connectivity index (χ1) is 17.2. The molecule has 3 aromatic rings. The van der Waals surface area contributed by atoms with Crippen molar-refractivity contribution in [2.75, 3.05) is 45.0 Å². The molecule has 1 aliphatic rings. The number of halogens is 1. The van der Waals surface area contributed by atoms with Gasteiger partial charge in [-0.25, -0.2) is 9.78 Å². The largest absolute Gasteiger partial charge is 0.332 e. The molecule has 1 saturated heterocycles. The zero-order valence-corrected chi connectivity index (χ0v) is 23.1. The van der Waals surface area contributed by atoms with Crippen LogP contribution in [0, 0.1) is 13.8 Å². The molecule has 11 heteroatoms. The molecule has 0 N–H and O–H groups in total. The van der Waals surface area contributed by atoms with Crippen LogP contribution in [0.3, 0.4) is 0 Å². The van der Waals surface area contributed by atoms with E-state index in [1.807, 2.05) is 26.0 Å². The third-order valence-corrected chi connectivity index (χ3v) is 9.02. The standard InChI is InChI=1S/C25H35ClN6O3S/c1-18-15-20(16-19(2)21(18)26)36(35)14-6-8-31-12-10-30(11-13-31)7-5-9-32-24(33)22-23(27-17-28(22)3)29(4)25(32)34/h15-17H,5-14H2,1-4H3. The number of rotatable bonds is 9. The lowest BCUT2D eigenvalue weighted by atomic mass is 10.2. The Labute approximate surface area is 218 Å². The van der Waals surface area contributed by atoms with Crippen molar-refractivity contribution in [3.8, 4) is 0 Å². The van der Waals surface area contributed by atoms with E-state index in [1.54, 1.807) is 25.0 Å². The minimum absolute atomic E-state index is 0.278. The first-order valence-electron chi connectivity index (χ1n) is 12.4. The molecular weight excluding hydrogens is 500 g/mol. The zero-order valence-electron chi connectivity index (χ0n) is 21.5. The summed E-state index contributed by atoms with van der Waals surface area (Å²) in [6, 6.07) is 3.87. The lowest BCUT2D eigenvalue weighted by Gasteiger charge is -2.34. The maximum atomic E-state index is 12.8. The minimum atomic E-state index is -1.02. The van der Waals surface area contributed by atoms with Gasteiger partial charge in [0.2, 0.25) is 0 Å². The molecule has 196 valence electrons. The average Bonchev–Trinajstić information content (AvgIpc) is 3.25. The number of hydrogen-bond acceptors (Lipinski definition) is 6. The van der Waals surface area contributed by atoms with Gasteiger partial charge < -0.3 is 14.4 Å². The van der Waals surface area contributed by atoms with Gasteiger partial charge in [0.05, 0.1) is 17.1 Å². The fraction of sp³-hybridized carbons (Fsp3) is 0.560. The molecule has 1 atom stereocenters. The number of fused-ring (bicyclic) bond motifs is 1. The zero-order chi connectivity index (χ0) is 26.0. The van der Waals surface area contributed by atoms with Gasteiger partial charge in [0.15, 0.2) is 11.2 Å². The average molecular weight is 535 g/mol. The summed E-state index contributed by atoms with van der Waals surface area (Å²) < 4.78 is 17.2. The first-order valence-corrected chi connectivity index (χ1v) is 14.1. The Kier molecular flexibility index (Phi) is 8.49. The van der Waals surface area contributed by atoms with Crippen molar-refractivity contribution < 1.29 is 4.21 Å². The number of benzene rings is 1. The van der Waals surface area contributed by atoms with E-state index in [0.717, 1.165) is 73.2 Å². The molecule has 0 aliphatic carbocycles. The summed E-state index contributed by atoms with van der Waals surface area (Å²) in [5.41, 5.74) is 2.21. The minimum Gasteiger partial charge on any atom is -0.328 e. The van der Waals surface area contributed by atoms with Crippen LogP contribution in [-0.4, -0.2) is 77.7 Å². The van der Waals surface area contributed by atoms with E-state index < -0.39 is 10.8 Å². The molecule has 0 amide bonds. The van der Waals surface area contributed by atoms with Gasteiger partial charge in [0.25, 0.3) is 5.56 Å². The van der Waals surface area contributed by atoms with Crippen LogP contribution in [0.5, 0.6) is 0 Å². The van der Waals surface area contributed by atoms with Crippen molar-refractivity contribution in [3.63, 3.8) is 0 Å². The summed E-state index contributed by atoms with van der Waals surface area (Å²) in [7, 11) is 2.40. The van der Waals surface area contributed by atoms with Crippen LogP contribution in [0.1, 0.15) is 24.0 Å². The predicted molar refractivity (Wildman–Crippen MR) is 145 cm³/mol. The number of aromatic nitrogens is 4. The first kappa shape index (κ1) is 26.8. The second-order valence-corrected chi connectivity index (χ2v) is 11.6. The lowest BCUT2D eigenvalue weighted by Crippen LogP contribution is -2.47. The molecule has 3 heterocycles. The van der Waals surface area contributed by atoms with Crippen LogP contribution >= 0.6 is 11.6 Å². The Morgan fingerprint density at radius 2 is 1.53 bits per heavy atom. The normalized spacial score (nSPS) is 16.1. The fourth-order valence-corrected chi connectivity index (χ4v) is 6.21. The van der Waals surface area contributed by atoms with Crippen molar-refractivity contribution in [2.45, 2.75) is 38.1 Å². The Bertz CT molecular complexity index is 1360. The summed E-state index contributed by atoms with van der Waals surface area (Å²) in [5.74, 6) is 0.644. The Morgan fingerprint density at radius 1 is 0.944 bits per heavy atom. The van der Waals surface area contributed by atoms with E-state index in [-0.39, 0.29) is 11.2 Å². The third-order valence-electron chi connectivity index (χ3n) is 7.00. The molecule has 9 nitrogen and oxygen atoms in total. The maximum Gasteiger partial charge on any atom is 0.332 e. The van der Waals surface area contributed by atoms with Gasteiger partial charge in [-0.1, -0.05) is 11.6 Å². The molecule has 1 aromatic carbocycles. The van der Waals surface area contributed by atoms with E-state index >= 15 is 0 Å². The van der Waals surface area contributed by atoms with E-state index in [9.17, 15) is 13.8 Å². The monoisotopic (exact) mass is 534 g/mol. The van der Waals surface area contributed by atoms with E-state index in [2.05, 4.69) is 14.8 Å². The number of nitrogens with zero attached hydrogens (tertiary/aromatic N) is 6. The van der Waals surface area contributed by atoms with Gasteiger partial charge >= 0.3 is 5.69 Å². The summed E-state index contributed by atoms with van der Waals surface area (Å²) in [4.78, 5) is 35.3. The van der Waals surface area contributed by atoms with Crippen LogP contribution in [-0.2, 0) is 31.4 Å². The van der Waals surface area contributed by atoms with E-state index in [4.69, 9.17) is 11.6 Å². The molecule has 0 radical (unpaired) electrons. The van der Waals surface area contributed by atoms with Crippen LogP contribution in [0.2, 0.25) is 5.02 Å². The Morgan fingerprint density at radius 3 is 2.14 bits per heavy atom. The van der Waals surface area contributed by atoms with Crippen LogP contribution in [0.15, 0.2) is 32.9 Å². The molecule has 2 aromatic heterocycles. The summed E-state index contributed by atoms with van der Waals surface area (Å²) in [6.45, 7) is 9.90. The maximum absolute atomic E-state index is 12.8. The van der Waals surface area contributed by atoms with Gasteiger partial charge in [0.1, 0.15) is 0 Å². The van der Waals surface area contributed by atoms with Crippen LogP contribution < -0.4 is 11.2 Å². The smallest absolute Gasteiger partial charge is 0.328 e. The van der Waals surface area contributed by atoms with Crippen molar-refractivity contribution in [1.82, 2.24) is 28.5 Å². The lowest BCUT2D eigenvalue weighted by molar-refractivity contribution is 0.130. The fourth-order valence-electron chi connectivity index (χ4n) is 4.86. The SMILES string of the molecule is Cc1cc(S(=O)CCCN2CCN(CCCn3c(=O)c4c(ncn4C)n(C)c3=O)CC2)cc(C)c1Cl. The van der Waals surface area contributed by atoms with E-state index in [0.29, 0.717) is 23.5 Å². The molecule has 36 heavy (non-hydrogen) atoms. The van der Waals surface area contributed by atoms with Crippen molar-refractivity contribution >= 4 is 33.6 Å². The van der Waals surface area contributed by atoms with Crippen molar-refractivity contribution in [3.05, 3.63) is 55.4 Å². The number of hydrogen-bond donors (Lipinski definition) is 0. The highest BCUT2D eigenvalue weighted by Gasteiger charge is 2.18. The second-order valence-electron chi connectivity index (χ2n) is 9.64. The predicted octanol–water partition coefficient (Wildman–Crippen LogP) is 1.91. The third kappa shape index (κ3) is 5.66. The van der Waals surface area contributed by atoms with Gasteiger partial charge in [-0.05, 0) is 63.0 Å². The molecule has 0 saturated carbocycles. The number of piperazine rings is 1. The number of aryl methyl sites for hydroxylation is 4. The molecule has 1 aliphatic heterocycles. The molecular formula is C25H35ClN6O3S. The van der Waals surface area contributed by atoms with Gasteiger partial charge in [-0.15, -0.1) is 0 Å². The number of imidazole rings is 1. The Hall–Kier alpha value is -2.27. The van der Waals surface area contributed by atoms with Gasteiger partial charge in [0, 0.05) is 62.5 Å². The highest BCUT2D eigenvalue weighted by Crippen LogP contribution is 2.23. The topological polar surface area (TPSA) is 85.4 Å². The highest BCUT2D eigenvalue weighted by molar-refractivity contribution is 7.85. The molecule has 0 bridgehead atoms. The molecule has 1 fully saturated rings. The molecule has 4 rings (SSSR count). The van der Waals surface area contributed by atoms with Gasteiger partial charge in [-0.2, -0.15) is 0 Å². The Balaban J connectivity index is 1.21. The van der Waals surface area contributed by atoms with E-state index in [1.165, 1.54) is 9.13 Å². The summed E-state index contributed by atoms with van der Waals surface area (Å²) >= 11 is 6.23. The summed E-state index contributed by atoms with van der Waals surface area (Å²) in [5, 5.41) is 0.748. The van der Waals surface area contributed by atoms with Crippen molar-refractivity contribution in [1.29, 1.82) is 0 Å². The van der Waals surface area contributed by atoms with Crippen molar-refractivity contribution in [2.24, 2.45) is 14.1 Å². The summed E-state index contributed by atoms with van der Waals surface area (Å²) in [6.07, 6.45) is 3.18.